The van der Waals surface area contributed by atoms with Gasteiger partial charge in [-0.3, -0.25) is 4.57 Å². The Morgan fingerprint density at radius 2 is 1.88 bits per heavy atom. The smallest absolute Gasteiger partial charge is 0.343 e. The first kappa shape index (κ1) is 18.3. The van der Waals surface area contributed by atoms with E-state index in [-0.39, 0.29) is 5.69 Å². The number of hydrogen-bond donors (Lipinski definition) is 1. The van der Waals surface area contributed by atoms with Crippen molar-refractivity contribution in [1.82, 2.24) is 14.8 Å². The van der Waals surface area contributed by atoms with Crippen LogP contribution in [0.2, 0.25) is 0 Å². The highest BCUT2D eigenvalue weighted by molar-refractivity contribution is 7.98. The average Bonchev–Trinajstić information content (AvgIpc) is 3.02. The topological polar surface area (TPSA) is 69.1 Å². The molecule has 0 aliphatic carbocycles. The maximum Gasteiger partial charge on any atom is 0.343 e. The van der Waals surface area contributed by atoms with Crippen molar-refractivity contribution in [2.24, 2.45) is 0 Å². The van der Waals surface area contributed by atoms with Gasteiger partial charge < -0.3 is 9.47 Å². The molecule has 1 N–H and O–H groups in total. The van der Waals surface area contributed by atoms with E-state index in [9.17, 15) is 4.79 Å². The first-order chi connectivity index (χ1) is 12.8. The lowest BCUT2D eigenvalue weighted by atomic mass is 10.2. The second-order valence-corrected chi connectivity index (χ2v) is 6.56. The lowest BCUT2D eigenvalue weighted by Crippen LogP contribution is -2.18. The minimum absolute atomic E-state index is 0.197. The fourth-order valence-electron chi connectivity index (χ4n) is 2.46. The number of H-pyrrole nitrogens is 1. The van der Waals surface area contributed by atoms with Crippen LogP contribution in [-0.4, -0.2) is 28.5 Å². The molecule has 0 radical (unpaired) electrons. The van der Waals surface area contributed by atoms with Crippen molar-refractivity contribution in [1.29, 1.82) is 0 Å². The summed E-state index contributed by atoms with van der Waals surface area (Å²) in [6, 6.07) is 17.6. The first-order valence-corrected chi connectivity index (χ1v) is 9.34. The lowest BCUT2D eigenvalue weighted by Gasteiger charge is -2.11. The number of para-hydroxylation sites is 2. The average molecular weight is 371 g/mol. The molecule has 0 saturated carbocycles. The summed E-state index contributed by atoms with van der Waals surface area (Å²) >= 11 is 1.50. The number of thioether (sulfide) groups is 1. The van der Waals surface area contributed by atoms with Gasteiger partial charge in [0.05, 0.1) is 0 Å². The zero-order chi connectivity index (χ0) is 18.2. The fraction of sp³-hybridized carbons (Fsp3) is 0.263. The SMILES string of the molecule is COCCCn1c(SCc2ccccc2Oc2ccccc2)n[nH]c1=O. The predicted molar refractivity (Wildman–Crippen MR) is 102 cm³/mol. The van der Waals surface area contributed by atoms with Crippen molar-refractivity contribution in [2.75, 3.05) is 13.7 Å². The van der Waals surface area contributed by atoms with E-state index >= 15 is 0 Å². The van der Waals surface area contributed by atoms with Crippen LogP contribution in [-0.2, 0) is 17.0 Å². The summed E-state index contributed by atoms with van der Waals surface area (Å²) in [5.74, 6) is 2.24. The highest BCUT2D eigenvalue weighted by Crippen LogP contribution is 2.29. The number of aromatic nitrogens is 3. The van der Waals surface area contributed by atoms with Crippen LogP contribution in [0.25, 0.3) is 0 Å². The van der Waals surface area contributed by atoms with Crippen LogP contribution >= 0.6 is 11.8 Å². The zero-order valence-electron chi connectivity index (χ0n) is 14.6. The summed E-state index contributed by atoms with van der Waals surface area (Å²) in [5, 5.41) is 7.32. The van der Waals surface area contributed by atoms with E-state index in [4.69, 9.17) is 9.47 Å². The van der Waals surface area contributed by atoms with Crippen LogP contribution in [0.5, 0.6) is 11.5 Å². The summed E-state index contributed by atoms with van der Waals surface area (Å²) in [7, 11) is 1.65. The summed E-state index contributed by atoms with van der Waals surface area (Å²) in [6.45, 7) is 1.18. The summed E-state index contributed by atoms with van der Waals surface area (Å²) < 4.78 is 12.7. The van der Waals surface area contributed by atoms with Crippen LogP contribution in [0.1, 0.15) is 12.0 Å². The van der Waals surface area contributed by atoms with Gasteiger partial charge in [-0.15, -0.1) is 5.10 Å². The normalized spacial score (nSPS) is 10.8. The van der Waals surface area contributed by atoms with E-state index in [1.165, 1.54) is 11.8 Å². The van der Waals surface area contributed by atoms with Crippen LogP contribution in [0.4, 0.5) is 0 Å². The molecule has 7 heteroatoms. The summed E-state index contributed by atoms with van der Waals surface area (Å²) in [4.78, 5) is 11.9. The highest BCUT2D eigenvalue weighted by Gasteiger charge is 2.11. The second kappa shape index (κ2) is 9.26. The van der Waals surface area contributed by atoms with Gasteiger partial charge in [0.25, 0.3) is 0 Å². The number of ether oxygens (including phenoxy) is 2. The quantitative estimate of drug-likeness (QED) is 0.459. The van der Waals surface area contributed by atoms with Gasteiger partial charge in [-0.2, -0.15) is 0 Å². The van der Waals surface area contributed by atoms with Gasteiger partial charge in [0, 0.05) is 31.6 Å². The van der Waals surface area contributed by atoms with E-state index in [0.717, 1.165) is 23.5 Å². The third-order valence-electron chi connectivity index (χ3n) is 3.75. The van der Waals surface area contributed by atoms with E-state index < -0.39 is 0 Å². The van der Waals surface area contributed by atoms with E-state index in [1.807, 2.05) is 54.6 Å². The van der Waals surface area contributed by atoms with Crippen molar-refractivity contribution in [3.05, 3.63) is 70.6 Å². The molecule has 0 aliphatic heterocycles. The molecule has 0 spiro atoms. The minimum Gasteiger partial charge on any atom is -0.457 e. The van der Waals surface area contributed by atoms with Crippen molar-refractivity contribution in [2.45, 2.75) is 23.9 Å². The van der Waals surface area contributed by atoms with Gasteiger partial charge in [0.1, 0.15) is 11.5 Å². The van der Waals surface area contributed by atoms with Gasteiger partial charge >= 0.3 is 5.69 Å². The molecule has 0 fully saturated rings. The molecule has 0 bridgehead atoms. The molecular formula is C19H21N3O3S. The number of benzene rings is 2. The number of methoxy groups -OCH3 is 1. The van der Waals surface area contributed by atoms with Crippen LogP contribution in [0.3, 0.4) is 0 Å². The molecule has 0 saturated heterocycles. The highest BCUT2D eigenvalue weighted by atomic mass is 32.2. The van der Waals surface area contributed by atoms with E-state index in [0.29, 0.717) is 24.1 Å². The third kappa shape index (κ3) is 4.77. The van der Waals surface area contributed by atoms with Crippen molar-refractivity contribution in [3.63, 3.8) is 0 Å². The lowest BCUT2D eigenvalue weighted by molar-refractivity contribution is 0.189. The van der Waals surface area contributed by atoms with Crippen LogP contribution in [0, 0.1) is 0 Å². The van der Waals surface area contributed by atoms with E-state index in [1.54, 1.807) is 11.7 Å². The minimum atomic E-state index is -0.197. The molecule has 0 unspecified atom stereocenters. The molecule has 136 valence electrons. The molecule has 6 nitrogen and oxygen atoms in total. The fourth-order valence-corrected chi connectivity index (χ4v) is 3.42. The third-order valence-corrected chi connectivity index (χ3v) is 4.78. The zero-order valence-corrected chi connectivity index (χ0v) is 15.4. The van der Waals surface area contributed by atoms with Crippen molar-refractivity contribution >= 4 is 11.8 Å². The molecule has 0 atom stereocenters. The Morgan fingerprint density at radius 1 is 1.12 bits per heavy atom. The summed E-state index contributed by atoms with van der Waals surface area (Å²) in [6.07, 6.45) is 0.761. The number of nitrogens with zero attached hydrogens (tertiary/aromatic N) is 2. The largest absolute Gasteiger partial charge is 0.457 e. The maximum atomic E-state index is 11.9. The Bertz CT molecular complexity index is 877. The molecule has 3 rings (SSSR count). The maximum absolute atomic E-state index is 11.9. The van der Waals surface area contributed by atoms with Gasteiger partial charge in [0.2, 0.25) is 0 Å². The Morgan fingerprint density at radius 3 is 2.69 bits per heavy atom. The number of hydrogen-bond acceptors (Lipinski definition) is 5. The first-order valence-electron chi connectivity index (χ1n) is 8.35. The number of rotatable bonds is 9. The second-order valence-electron chi connectivity index (χ2n) is 5.62. The molecule has 3 aromatic rings. The predicted octanol–water partition coefficient (Wildman–Crippen LogP) is 3.69. The Hall–Kier alpha value is -2.51. The van der Waals surface area contributed by atoms with Gasteiger partial charge in [-0.25, -0.2) is 9.89 Å². The Balaban J connectivity index is 1.70. The molecule has 26 heavy (non-hydrogen) atoms. The Kier molecular flexibility index (Phi) is 6.51. The van der Waals surface area contributed by atoms with Crippen molar-refractivity contribution < 1.29 is 9.47 Å². The molecular weight excluding hydrogens is 350 g/mol. The van der Waals surface area contributed by atoms with Crippen LogP contribution < -0.4 is 10.4 Å². The molecule has 1 aromatic heterocycles. The van der Waals surface area contributed by atoms with E-state index in [2.05, 4.69) is 10.2 Å². The standard InChI is InChI=1S/C19H21N3O3S/c1-24-13-7-12-22-18(23)20-21-19(22)26-14-15-8-5-6-11-17(15)25-16-9-3-2-4-10-16/h2-6,8-11H,7,12-14H2,1H3,(H,20,23). The number of nitrogens with one attached hydrogen (secondary N) is 1. The van der Waals surface area contributed by atoms with Crippen LogP contribution in [0.15, 0.2) is 64.5 Å². The molecule has 0 amide bonds. The number of aromatic amines is 1. The Labute approximate surface area is 156 Å². The van der Waals surface area contributed by atoms with Gasteiger partial charge in [-0.1, -0.05) is 48.2 Å². The monoisotopic (exact) mass is 371 g/mol. The van der Waals surface area contributed by atoms with Crippen molar-refractivity contribution in [3.8, 4) is 11.5 Å². The molecule has 1 heterocycles. The summed E-state index contributed by atoms with van der Waals surface area (Å²) in [5.41, 5.74) is 0.845. The van der Waals surface area contributed by atoms with Gasteiger partial charge in [-0.05, 0) is 24.6 Å². The van der Waals surface area contributed by atoms with Gasteiger partial charge in [0.15, 0.2) is 5.16 Å². The molecule has 0 aliphatic rings. The molecule has 2 aromatic carbocycles.